The Hall–Kier alpha value is -1.97. The van der Waals surface area contributed by atoms with Gasteiger partial charge in [-0.05, 0) is 26.0 Å². The van der Waals surface area contributed by atoms with Crippen molar-refractivity contribution in [3.05, 3.63) is 35.7 Å². The third kappa shape index (κ3) is 3.02. The van der Waals surface area contributed by atoms with E-state index in [1.165, 1.54) is 0 Å². The Bertz CT molecular complexity index is 396. The van der Waals surface area contributed by atoms with Crippen molar-refractivity contribution in [1.29, 1.82) is 5.41 Å². The second-order valence-electron chi connectivity index (χ2n) is 3.12. The van der Waals surface area contributed by atoms with E-state index in [4.69, 9.17) is 5.41 Å². The summed E-state index contributed by atoms with van der Waals surface area (Å²) in [4.78, 5) is 14.8. The second-order valence-corrected chi connectivity index (χ2v) is 3.12. The van der Waals surface area contributed by atoms with E-state index in [9.17, 15) is 4.79 Å². The van der Waals surface area contributed by atoms with E-state index in [1.54, 1.807) is 26.1 Å². The molecule has 0 aliphatic heterocycles. The van der Waals surface area contributed by atoms with Crippen LogP contribution in [-0.2, 0) is 4.79 Å². The van der Waals surface area contributed by atoms with Crippen LogP contribution in [0, 0.1) is 5.41 Å². The van der Waals surface area contributed by atoms with Crippen LogP contribution in [-0.4, -0.2) is 17.0 Å². The number of rotatable bonds is 4. The molecule has 0 amide bonds. The number of nitrogens with zero attached hydrogens (tertiary/aromatic N) is 1. The van der Waals surface area contributed by atoms with Gasteiger partial charge in [0.05, 0.1) is 5.57 Å². The van der Waals surface area contributed by atoms with E-state index in [0.29, 0.717) is 23.4 Å². The van der Waals surface area contributed by atoms with Crippen LogP contribution in [0.4, 0.5) is 5.82 Å². The Balaban J connectivity index is 2.91. The molecule has 0 aromatic carbocycles. The van der Waals surface area contributed by atoms with Crippen LogP contribution in [0.15, 0.2) is 35.7 Å². The van der Waals surface area contributed by atoms with E-state index in [-0.39, 0.29) is 5.71 Å². The van der Waals surface area contributed by atoms with Gasteiger partial charge in [-0.3, -0.25) is 4.79 Å². The number of aromatic nitrogens is 1. The molecule has 0 fully saturated rings. The lowest BCUT2D eigenvalue weighted by Crippen LogP contribution is -2.07. The first-order valence-electron chi connectivity index (χ1n) is 4.54. The van der Waals surface area contributed by atoms with Crippen molar-refractivity contribution in [3.63, 3.8) is 0 Å². The lowest BCUT2D eigenvalue weighted by atomic mass is 10.1. The Labute approximate surface area is 88.5 Å². The molecule has 1 rings (SSSR count). The highest BCUT2D eigenvalue weighted by molar-refractivity contribution is 6.12. The molecule has 4 heteroatoms. The van der Waals surface area contributed by atoms with Crippen molar-refractivity contribution in [2.24, 2.45) is 0 Å². The van der Waals surface area contributed by atoms with Gasteiger partial charge in [-0.25, -0.2) is 4.98 Å². The molecular weight excluding hydrogens is 190 g/mol. The van der Waals surface area contributed by atoms with Crippen molar-refractivity contribution < 1.29 is 4.79 Å². The molecule has 0 bridgehead atoms. The molecule has 0 saturated carbocycles. The number of pyridine rings is 1. The fourth-order valence-electron chi connectivity index (χ4n) is 1.15. The standard InChI is InChI=1S/C11H13N3O/c1-8(12)10(7-15)9(2)14-11-5-3-4-6-13-11/h3-7,12H,1-2H3,(H,13,14)/b10-9-,12-8?. The second kappa shape index (κ2) is 5.05. The van der Waals surface area contributed by atoms with Gasteiger partial charge in [-0.15, -0.1) is 0 Å². The van der Waals surface area contributed by atoms with Crippen molar-refractivity contribution >= 4 is 17.8 Å². The number of carbonyl (C=O) groups excluding carboxylic acids is 1. The van der Waals surface area contributed by atoms with E-state index in [1.807, 2.05) is 12.1 Å². The maximum atomic E-state index is 10.7. The molecule has 0 atom stereocenters. The lowest BCUT2D eigenvalue weighted by Gasteiger charge is -2.07. The predicted octanol–water partition coefficient (Wildman–Crippen LogP) is 2.01. The number of nitrogens with one attached hydrogen (secondary N) is 2. The summed E-state index contributed by atoms with van der Waals surface area (Å²) in [7, 11) is 0. The normalized spacial score (nSPS) is 11.6. The van der Waals surface area contributed by atoms with E-state index >= 15 is 0 Å². The van der Waals surface area contributed by atoms with Gasteiger partial charge in [0.2, 0.25) is 0 Å². The molecule has 4 nitrogen and oxygen atoms in total. The predicted molar refractivity (Wildman–Crippen MR) is 60.0 cm³/mol. The highest BCUT2D eigenvalue weighted by Gasteiger charge is 2.04. The van der Waals surface area contributed by atoms with E-state index in [0.717, 1.165) is 0 Å². The monoisotopic (exact) mass is 203 g/mol. The molecule has 0 aliphatic rings. The number of aldehydes is 1. The Morgan fingerprint density at radius 2 is 2.20 bits per heavy atom. The van der Waals surface area contributed by atoms with Gasteiger partial charge in [0.15, 0.2) is 6.29 Å². The minimum absolute atomic E-state index is 0.242. The summed E-state index contributed by atoms with van der Waals surface area (Å²) >= 11 is 0. The maximum Gasteiger partial charge on any atom is 0.153 e. The highest BCUT2D eigenvalue weighted by Crippen LogP contribution is 2.08. The molecule has 0 unspecified atom stereocenters. The van der Waals surface area contributed by atoms with Crippen molar-refractivity contribution in [3.8, 4) is 0 Å². The third-order valence-corrected chi connectivity index (χ3v) is 1.91. The first-order valence-corrected chi connectivity index (χ1v) is 4.54. The molecule has 15 heavy (non-hydrogen) atoms. The van der Waals surface area contributed by atoms with Crippen LogP contribution in [0.2, 0.25) is 0 Å². The van der Waals surface area contributed by atoms with Gasteiger partial charge in [0.1, 0.15) is 5.82 Å². The van der Waals surface area contributed by atoms with Crippen molar-refractivity contribution in [1.82, 2.24) is 4.98 Å². The Morgan fingerprint density at radius 3 is 2.67 bits per heavy atom. The minimum Gasteiger partial charge on any atom is -0.343 e. The molecule has 1 heterocycles. The van der Waals surface area contributed by atoms with Crippen LogP contribution in [0.3, 0.4) is 0 Å². The van der Waals surface area contributed by atoms with Gasteiger partial charge in [0.25, 0.3) is 0 Å². The van der Waals surface area contributed by atoms with Gasteiger partial charge in [-0.1, -0.05) is 6.07 Å². The molecule has 0 saturated heterocycles. The Morgan fingerprint density at radius 1 is 1.47 bits per heavy atom. The summed E-state index contributed by atoms with van der Waals surface area (Å²) in [6.45, 7) is 3.32. The zero-order chi connectivity index (χ0) is 11.3. The topological polar surface area (TPSA) is 65.8 Å². The number of hydrogen-bond donors (Lipinski definition) is 2. The molecule has 2 N–H and O–H groups in total. The minimum atomic E-state index is 0.242. The van der Waals surface area contributed by atoms with Gasteiger partial charge < -0.3 is 10.7 Å². The lowest BCUT2D eigenvalue weighted by molar-refractivity contribution is -0.104. The quantitative estimate of drug-likeness (QED) is 0.447. The van der Waals surface area contributed by atoms with Gasteiger partial charge in [0, 0.05) is 17.6 Å². The molecule has 0 aliphatic carbocycles. The van der Waals surface area contributed by atoms with Gasteiger partial charge >= 0.3 is 0 Å². The molecule has 78 valence electrons. The van der Waals surface area contributed by atoms with Crippen LogP contribution in [0.5, 0.6) is 0 Å². The summed E-state index contributed by atoms with van der Waals surface area (Å²) in [5.41, 5.74) is 1.24. The summed E-state index contributed by atoms with van der Waals surface area (Å²) < 4.78 is 0. The number of allylic oxidation sites excluding steroid dienone is 2. The van der Waals surface area contributed by atoms with Crippen molar-refractivity contribution in [2.75, 3.05) is 5.32 Å². The number of hydrogen-bond acceptors (Lipinski definition) is 4. The van der Waals surface area contributed by atoms with Crippen molar-refractivity contribution in [2.45, 2.75) is 13.8 Å². The van der Waals surface area contributed by atoms with Crippen LogP contribution >= 0.6 is 0 Å². The largest absolute Gasteiger partial charge is 0.343 e. The average molecular weight is 203 g/mol. The zero-order valence-electron chi connectivity index (χ0n) is 8.74. The molecule has 0 radical (unpaired) electrons. The maximum absolute atomic E-state index is 10.7. The fraction of sp³-hybridized carbons (Fsp3) is 0.182. The molecular formula is C11H13N3O. The van der Waals surface area contributed by atoms with E-state index < -0.39 is 0 Å². The summed E-state index contributed by atoms with van der Waals surface area (Å²) in [6, 6.07) is 5.46. The number of carbonyl (C=O) groups is 1. The summed E-state index contributed by atoms with van der Waals surface area (Å²) in [5.74, 6) is 0.663. The average Bonchev–Trinajstić information content (AvgIpc) is 2.19. The summed E-state index contributed by atoms with van der Waals surface area (Å²) in [5, 5.41) is 10.4. The fourth-order valence-corrected chi connectivity index (χ4v) is 1.15. The van der Waals surface area contributed by atoms with E-state index in [2.05, 4.69) is 10.3 Å². The van der Waals surface area contributed by atoms with Crippen LogP contribution in [0.25, 0.3) is 0 Å². The van der Waals surface area contributed by atoms with Crippen LogP contribution in [0.1, 0.15) is 13.8 Å². The highest BCUT2D eigenvalue weighted by atomic mass is 16.1. The molecule has 0 spiro atoms. The van der Waals surface area contributed by atoms with Crippen LogP contribution < -0.4 is 5.32 Å². The molecule has 1 aromatic rings. The summed E-state index contributed by atoms with van der Waals surface area (Å²) in [6.07, 6.45) is 2.33. The first-order chi connectivity index (χ1) is 7.15. The first kappa shape index (κ1) is 11.1. The SMILES string of the molecule is CC(=N)/C(C=O)=C(/C)Nc1ccccn1. The zero-order valence-corrected chi connectivity index (χ0v) is 8.74. The smallest absolute Gasteiger partial charge is 0.153 e. The molecule has 1 aromatic heterocycles. The number of anilines is 1. The Kier molecular flexibility index (Phi) is 3.74. The third-order valence-electron chi connectivity index (χ3n) is 1.91. The van der Waals surface area contributed by atoms with Gasteiger partial charge in [-0.2, -0.15) is 0 Å².